The quantitative estimate of drug-likeness (QED) is 0.248. The minimum Gasteiger partial charge on any atom is -1.00 e. The Labute approximate surface area is 132 Å². The minimum absolute atomic E-state index is 0. The maximum Gasteiger partial charge on any atom is 1.00 e. The topological polar surface area (TPSA) is 0 Å². The van der Waals surface area contributed by atoms with Crippen LogP contribution in [0.5, 0.6) is 0 Å². The first kappa shape index (κ1) is 22.9. The van der Waals surface area contributed by atoms with Crippen molar-refractivity contribution >= 4 is 23.3 Å². The van der Waals surface area contributed by atoms with Crippen LogP contribution in [-0.2, 0) is 65.5 Å². The third-order valence-electron chi connectivity index (χ3n) is 0. The molecule has 0 radical (unpaired) electrons. The maximum absolute atomic E-state index is 3.67. The van der Waals surface area contributed by atoms with Crippen LogP contribution in [0.2, 0.25) is 0 Å². The summed E-state index contributed by atoms with van der Waals surface area (Å²) in [6.07, 6.45) is 0. The summed E-state index contributed by atoms with van der Waals surface area (Å²) in [5.41, 5.74) is 0. The molecule has 0 aliphatic heterocycles. The van der Waals surface area contributed by atoms with Crippen LogP contribution in [0.25, 0.3) is 0 Å². The molecule has 0 saturated carbocycles. The van der Waals surface area contributed by atoms with E-state index in [1.807, 2.05) is 0 Å². The predicted octanol–water partition coefficient (Wildman–Crippen LogP) is -2.89. The fourth-order valence-electron chi connectivity index (χ4n) is 0. The normalized spacial score (nSPS) is 1.20. The van der Waals surface area contributed by atoms with E-state index >= 15 is 0 Å². The van der Waals surface area contributed by atoms with Gasteiger partial charge in [0.15, 0.2) is 0 Å². The molecule has 5 heteroatoms. The predicted molar refractivity (Wildman–Crippen MR) is 15.8 cm³/mol. The molecule has 5 heavy (non-hydrogen) atoms. The Hall–Kier alpha value is 4.13. The summed E-state index contributed by atoms with van der Waals surface area (Å²) in [6, 6.07) is 0. The Balaban J connectivity index is -0.000000000833. The van der Waals surface area contributed by atoms with Gasteiger partial charge in [-0.15, -0.1) is 0 Å². The van der Waals surface area contributed by atoms with Gasteiger partial charge >= 0.3 is 68.9 Å². The van der Waals surface area contributed by atoms with Gasteiger partial charge in [-0.05, 0) is 0 Å². The Morgan fingerprint density at radius 1 is 1.00 bits per heavy atom. The van der Waals surface area contributed by atoms with E-state index in [2.05, 4.69) is 23.3 Å². The van der Waals surface area contributed by atoms with Crippen LogP contribution in [0.3, 0.4) is 0 Å². The monoisotopic (exact) mass is 394 g/mol. The summed E-state index contributed by atoms with van der Waals surface area (Å²) in [5, 5.41) is 0. The van der Waals surface area contributed by atoms with E-state index < -0.39 is 0 Å². The molecule has 0 aromatic rings. The second-order valence-electron chi connectivity index (χ2n) is 0. The van der Waals surface area contributed by atoms with Crippen LogP contribution in [0.4, 0.5) is 0 Å². The molecule has 0 atom stereocenters. The van der Waals surface area contributed by atoms with Crippen molar-refractivity contribution < 1.29 is 112 Å². The molecule has 0 fully saturated rings. The van der Waals surface area contributed by atoms with Gasteiger partial charge < -0.3 is 24.7 Å². The summed E-state index contributed by atoms with van der Waals surface area (Å²) >= 11 is 7.33. The smallest absolute Gasteiger partial charge is 1.00 e. The molecule has 0 aliphatic carbocycles. The Morgan fingerprint density at radius 3 is 1.00 bits per heavy atom. The van der Waals surface area contributed by atoms with E-state index in [9.17, 15) is 0 Å². The third kappa shape index (κ3) is 17.9. The molecule has 0 rings (SSSR count). The zero-order valence-electron chi connectivity index (χ0n) is 3.63. The molecular formula is HCsMo2S2-2. The number of hydrogen-bond donors (Lipinski definition) is 0. The van der Waals surface area contributed by atoms with E-state index in [0.717, 1.165) is 0 Å². The number of hydrogen-bond acceptors (Lipinski definition) is 2. The maximum atomic E-state index is 3.67. The van der Waals surface area contributed by atoms with Gasteiger partial charge in [-0.25, -0.2) is 0 Å². The van der Waals surface area contributed by atoms with Crippen molar-refractivity contribution in [1.29, 1.82) is 0 Å². The summed E-state index contributed by atoms with van der Waals surface area (Å²) in [7, 11) is 0. The van der Waals surface area contributed by atoms with E-state index in [1.54, 1.807) is 0 Å². The van der Waals surface area contributed by atoms with Crippen LogP contribution in [0.1, 0.15) is 1.43 Å². The van der Waals surface area contributed by atoms with Gasteiger partial charge in [0.05, 0.1) is 0 Å². The fraction of sp³-hybridized carbons (Fsp3) is 0. The SMILES string of the molecule is [Cs+].[H-].[Mo].[Mo].[S-][S-]. The van der Waals surface area contributed by atoms with Crippen molar-refractivity contribution in [2.45, 2.75) is 0 Å². The van der Waals surface area contributed by atoms with Gasteiger partial charge in [-0.3, -0.25) is 0 Å². The van der Waals surface area contributed by atoms with E-state index in [-0.39, 0.29) is 112 Å². The van der Waals surface area contributed by atoms with Crippen LogP contribution < -0.4 is 68.9 Å². The molecule has 0 aromatic carbocycles. The first-order chi connectivity index (χ1) is 1.00. The van der Waals surface area contributed by atoms with Crippen molar-refractivity contribution in [2.75, 3.05) is 0 Å². The molecule has 0 aromatic heterocycles. The average molecular weight is 390 g/mol. The van der Waals surface area contributed by atoms with Gasteiger partial charge in [0.25, 0.3) is 0 Å². The molecule has 0 bridgehead atoms. The molecule has 0 heterocycles. The first-order valence-electron chi connectivity index (χ1n) is 0.167. The molecule has 28 valence electrons. The summed E-state index contributed by atoms with van der Waals surface area (Å²) < 4.78 is 0. The molecule has 0 N–H and O–H groups in total. The van der Waals surface area contributed by atoms with Gasteiger partial charge in [0.1, 0.15) is 0 Å². The molecule has 0 amide bonds. The molecule has 0 nitrogen and oxygen atoms in total. The average Bonchev–Trinajstić information content (AvgIpc) is 1.00. The van der Waals surface area contributed by atoms with Gasteiger partial charge in [-0.2, -0.15) is 0 Å². The molecular weight excluding hydrogens is 389 g/mol. The second kappa shape index (κ2) is 24.2. The van der Waals surface area contributed by atoms with Crippen LogP contribution in [-0.4, -0.2) is 0 Å². The van der Waals surface area contributed by atoms with Crippen molar-refractivity contribution in [2.24, 2.45) is 0 Å². The van der Waals surface area contributed by atoms with E-state index in [0.29, 0.717) is 0 Å². The largest absolute Gasteiger partial charge is 1.00 e. The molecule has 0 unspecified atom stereocenters. The van der Waals surface area contributed by atoms with Crippen LogP contribution in [0.15, 0.2) is 0 Å². The number of rotatable bonds is 0. The third-order valence-corrected chi connectivity index (χ3v) is 0. The first-order valence-corrected chi connectivity index (χ1v) is 1.50. The van der Waals surface area contributed by atoms with Crippen molar-refractivity contribution in [3.63, 3.8) is 0 Å². The molecule has 0 spiro atoms. The molecule has 0 saturated heterocycles. The summed E-state index contributed by atoms with van der Waals surface area (Å²) in [5.74, 6) is 0. The fourth-order valence-corrected chi connectivity index (χ4v) is 0. The Bertz CT molecular complexity index is 11.5. The summed E-state index contributed by atoms with van der Waals surface area (Å²) in [6.45, 7) is 0. The molecule has 0 aliphatic rings. The van der Waals surface area contributed by atoms with Gasteiger partial charge in [-0.1, -0.05) is 0 Å². The van der Waals surface area contributed by atoms with Crippen molar-refractivity contribution in [1.82, 2.24) is 0 Å². The zero-order chi connectivity index (χ0) is 2.00. The summed E-state index contributed by atoms with van der Waals surface area (Å²) in [4.78, 5) is 0. The van der Waals surface area contributed by atoms with Crippen LogP contribution in [0, 0.1) is 0 Å². The van der Waals surface area contributed by atoms with E-state index in [1.165, 1.54) is 0 Å². The standard InChI is InChI=1S/Cs.2Mo.S2.H/c;;;1-2;/q+1;;;-2;-1. The zero-order valence-corrected chi connectivity index (χ0v) is 14.6. The Morgan fingerprint density at radius 2 is 1.00 bits per heavy atom. The van der Waals surface area contributed by atoms with Crippen LogP contribution >= 0.6 is 0 Å². The van der Waals surface area contributed by atoms with Gasteiger partial charge in [0.2, 0.25) is 0 Å². The Kier molecular flexibility index (Phi) is 111. The van der Waals surface area contributed by atoms with E-state index in [4.69, 9.17) is 0 Å². The van der Waals surface area contributed by atoms with Gasteiger partial charge in [0, 0.05) is 42.1 Å². The van der Waals surface area contributed by atoms with Crippen molar-refractivity contribution in [3.8, 4) is 0 Å². The second-order valence-corrected chi connectivity index (χ2v) is 0. The minimum atomic E-state index is 0. The van der Waals surface area contributed by atoms with Crippen molar-refractivity contribution in [3.05, 3.63) is 0 Å².